The van der Waals surface area contributed by atoms with Crippen LogP contribution in [0.25, 0.3) is 0 Å². The van der Waals surface area contributed by atoms with Crippen molar-refractivity contribution in [3.63, 3.8) is 0 Å². The Kier molecular flexibility index (Phi) is 6.81. The topological polar surface area (TPSA) is 12.5 Å². The first-order chi connectivity index (χ1) is 13.0. The second-order valence-electron chi connectivity index (χ2n) is 8.68. The van der Waals surface area contributed by atoms with Crippen LogP contribution in [0.4, 0.5) is 0 Å². The zero-order valence-electron chi connectivity index (χ0n) is 17.8. The summed E-state index contributed by atoms with van der Waals surface area (Å²) >= 11 is 0. The molecule has 0 N–H and O–H groups in total. The van der Waals surface area contributed by atoms with Crippen molar-refractivity contribution >= 4 is 0 Å². The van der Waals surface area contributed by atoms with Crippen LogP contribution in [0.2, 0.25) is 0 Å². The summed E-state index contributed by atoms with van der Waals surface area (Å²) in [5, 5.41) is 0. The van der Waals surface area contributed by atoms with Crippen molar-refractivity contribution < 1.29 is 4.74 Å². The van der Waals surface area contributed by atoms with Gasteiger partial charge in [0.1, 0.15) is 5.75 Å². The highest BCUT2D eigenvalue weighted by atomic mass is 16.5. The molecule has 2 heterocycles. The van der Waals surface area contributed by atoms with Gasteiger partial charge in [0.25, 0.3) is 0 Å². The smallest absolute Gasteiger partial charge is 0.122 e. The third-order valence-corrected chi connectivity index (χ3v) is 6.64. The summed E-state index contributed by atoms with van der Waals surface area (Å²) in [5.41, 5.74) is 4.73. The number of benzene rings is 1. The second kappa shape index (κ2) is 9.10. The molecule has 1 fully saturated rings. The van der Waals surface area contributed by atoms with Gasteiger partial charge in [-0.15, -0.1) is 0 Å². The molecule has 148 valence electrons. The van der Waals surface area contributed by atoms with E-state index in [1.165, 1.54) is 37.2 Å². The molecule has 1 unspecified atom stereocenters. The van der Waals surface area contributed by atoms with Crippen molar-refractivity contribution in [1.29, 1.82) is 0 Å². The maximum atomic E-state index is 5.63. The van der Waals surface area contributed by atoms with Crippen LogP contribution in [0.15, 0.2) is 42.0 Å². The Morgan fingerprint density at radius 1 is 1.30 bits per heavy atom. The van der Waals surface area contributed by atoms with Gasteiger partial charge in [-0.2, -0.15) is 0 Å². The van der Waals surface area contributed by atoms with Gasteiger partial charge in [0.2, 0.25) is 0 Å². The molecular formula is C25H37NO. The van der Waals surface area contributed by atoms with E-state index in [1.807, 2.05) is 0 Å². The average molecular weight is 368 g/mol. The van der Waals surface area contributed by atoms with Crippen molar-refractivity contribution in [2.24, 2.45) is 11.3 Å². The molecule has 2 heteroatoms. The molecular weight excluding hydrogens is 330 g/mol. The minimum Gasteiger partial charge on any atom is -0.493 e. The molecule has 0 amide bonds. The zero-order valence-corrected chi connectivity index (χ0v) is 17.8. The van der Waals surface area contributed by atoms with Crippen LogP contribution >= 0.6 is 0 Å². The number of hydrogen-bond acceptors (Lipinski definition) is 2. The zero-order chi connectivity index (χ0) is 19.3. The van der Waals surface area contributed by atoms with Crippen molar-refractivity contribution in [2.75, 3.05) is 26.2 Å². The molecule has 0 bridgehead atoms. The lowest BCUT2D eigenvalue weighted by Crippen LogP contribution is -2.30. The van der Waals surface area contributed by atoms with Crippen LogP contribution in [0, 0.1) is 11.3 Å². The predicted octanol–water partition coefficient (Wildman–Crippen LogP) is 5.81. The van der Waals surface area contributed by atoms with E-state index < -0.39 is 0 Å². The summed E-state index contributed by atoms with van der Waals surface area (Å²) in [6.07, 6.45) is 12.7. The highest BCUT2D eigenvalue weighted by Gasteiger charge is 2.36. The van der Waals surface area contributed by atoms with Crippen LogP contribution in [0.3, 0.4) is 0 Å². The Labute approximate surface area is 166 Å². The summed E-state index contributed by atoms with van der Waals surface area (Å²) in [7, 11) is 0. The Morgan fingerprint density at radius 3 is 2.93 bits per heavy atom. The third kappa shape index (κ3) is 4.85. The first-order valence-electron chi connectivity index (χ1n) is 10.9. The van der Waals surface area contributed by atoms with Crippen LogP contribution < -0.4 is 4.74 Å². The number of rotatable bonds is 8. The maximum Gasteiger partial charge on any atom is 0.122 e. The first-order valence-corrected chi connectivity index (χ1v) is 10.9. The van der Waals surface area contributed by atoms with Crippen LogP contribution in [0.1, 0.15) is 58.1 Å². The molecule has 0 aromatic heterocycles. The van der Waals surface area contributed by atoms with Crippen molar-refractivity contribution in [3.8, 4) is 5.75 Å². The van der Waals surface area contributed by atoms with Gasteiger partial charge in [-0.05, 0) is 60.8 Å². The van der Waals surface area contributed by atoms with Crippen molar-refractivity contribution in [1.82, 2.24) is 4.90 Å². The minimum atomic E-state index is 0.284. The molecule has 27 heavy (non-hydrogen) atoms. The second-order valence-corrected chi connectivity index (χ2v) is 8.68. The highest BCUT2D eigenvalue weighted by Crippen LogP contribution is 2.41. The number of fused-ring (bicyclic) bond motifs is 1. The van der Waals surface area contributed by atoms with E-state index in [4.69, 9.17) is 4.74 Å². The van der Waals surface area contributed by atoms with E-state index in [0.29, 0.717) is 0 Å². The van der Waals surface area contributed by atoms with E-state index in [1.54, 1.807) is 5.57 Å². The molecule has 0 radical (unpaired) electrons. The molecule has 1 atom stereocenters. The maximum absolute atomic E-state index is 5.63. The summed E-state index contributed by atoms with van der Waals surface area (Å²) in [6.45, 7) is 13.9. The van der Waals surface area contributed by atoms with E-state index in [2.05, 4.69) is 69.0 Å². The van der Waals surface area contributed by atoms with Crippen molar-refractivity contribution in [2.45, 2.75) is 59.8 Å². The Morgan fingerprint density at radius 2 is 2.15 bits per heavy atom. The van der Waals surface area contributed by atoms with Gasteiger partial charge in [-0.25, -0.2) is 0 Å². The molecule has 2 aliphatic rings. The lowest BCUT2D eigenvalue weighted by atomic mass is 9.71. The average Bonchev–Trinajstić information content (AvgIpc) is 3.32. The molecule has 3 rings (SSSR count). The fraction of sp³-hybridized carbons (Fsp3) is 0.600. The van der Waals surface area contributed by atoms with Crippen molar-refractivity contribution in [3.05, 3.63) is 53.1 Å². The van der Waals surface area contributed by atoms with Gasteiger partial charge in [0.05, 0.1) is 6.61 Å². The molecule has 1 aromatic rings. The minimum absolute atomic E-state index is 0.284. The quantitative estimate of drug-likeness (QED) is 0.537. The molecule has 0 spiro atoms. The summed E-state index contributed by atoms with van der Waals surface area (Å²) in [5.74, 6) is 1.85. The number of ether oxygens (including phenoxy) is 1. The number of hydrogen-bond donors (Lipinski definition) is 0. The standard InChI is InChI=1S/C25H37NO/c1-5-7-8-9-22(6-2)25(3,4)23-13-16-26(19-23)15-12-20-10-11-24-21(18-20)14-17-27-24/h7-11,18,23H,5-6,12-17,19H2,1-4H3/b8-7-,22-9+. The monoisotopic (exact) mass is 367 g/mol. The van der Waals surface area contributed by atoms with Crippen LogP contribution in [0.5, 0.6) is 5.75 Å². The van der Waals surface area contributed by atoms with E-state index in [-0.39, 0.29) is 5.41 Å². The Hall–Kier alpha value is -1.54. The molecule has 2 nitrogen and oxygen atoms in total. The lowest BCUT2D eigenvalue weighted by Gasteiger charge is -2.34. The first kappa shape index (κ1) is 20.2. The Balaban J connectivity index is 1.56. The van der Waals surface area contributed by atoms with Gasteiger partial charge in [-0.3, -0.25) is 0 Å². The van der Waals surface area contributed by atoms with E-state index in [9.17, 15) is 0 Å². The van der Waals surface area contributed by atoms with Crippen LogP contribution in [-0.4, -0.2) is 31.1 Å². The normalized spacial score (nSPS) is 21.0. The molecule has 0 saturated carbocycles. The molecule has 2 aliphatic heterocycles. The number of allylic oxidation sites excluding steroid dienone is 4. The van der Waals surface area contributed by atoms with Gasteiger partial charge >= 0.3 is 0 Å². The van der Waals surface area contributed by atoms with Crippen LogP contribution in [-0.2, 0) is 12.8 Å². The lowest BCUT2D eigenvalue weighted by molar-refractivity contribution is 0.243. The van der Waals surface area contributed by atoms with Gasteiger partial charge < -0.3 is 9.64 Å². The van der Waals surface area contributed by atoms with Gasteiger partial charge in [-0.1, -0.05) is 63.6 Å². The Bertz CT molecular complexity index is 686. The fourth-order valence-corrected chi connectivity index (χ4v) is 4.68. The third-order valence-electron chi connectivity index (χ3n) is 6.64. The largest absolute Gasteiger partial charge is 0.493 e. The van der Waals surface area contributed by atoms with Gasteiger partial charge in [0, 0.05) is 19.5 Å². The number of nitrogens with zero attached hydrogens (tertiary/aromatic N) is 1. The van der Waals surface area contributed by atoms with E-state index in [0.717, 1.165) is 44.0 Å². The highest BCUT2D eigenvalue weighted by molar-refractivity contribution is 5.39. The van der Waals surface area contributed by atoms with E-state index >= 15 is 0 Å². The fourth-order valence-electron chi connectivity index (χ4n) is 4.68. The summed E-state index contributed by atoms with van der Waals surface area (Å²) in [4.78, 5) is 2.67. The summed E-state index contributed by atoms with van der Waals surface area (Å²) < 4.78 is 5.63. The molecule has 1 aromatic carbocycles. The summed E-state index contributed by atoms with van der Waals surface area (Å²) in [6, 6.07) is 6.77. The predicted molar refractivity (Wildman–Crippen MR) is 115 cm³/mol. The number of likely N-dealkylation sites (tertiary alicyclic amines) is 1. The SMILES string of the molecule is CC/C=C\C=C(/CC)C(C)(C)C1CCN(CCc2ccc3c(c2)CCO3)C1. The molecule has 0 aliphatic carbocycles. The molecule has 1 saturated heterocycles. The van der Waals surface area contributed by atoms with Gasteiger partial charge in [0.15, 0.2) is 0 Å².